The molecule has 5 heteroatoms. The van der Waals surface area contributed by atoms with Crippen LogP contribution < -0.4 is 9.47 Å². The Kier molecular flexibility index (Phi) is 5.17. The highest BCUT2D eigenvalue weighted by Crippen LogP contribution is 2.31. The summed E-state index contributed by atoms with van der Waals surface area (Å²) in [4.78, 5) is 22.6. The average molecular weight is 252 g/mol. The smallest absolute Gasteiger partial charge is 0.374 e. The molecular weight excluding hydrogens is 236 g/mol. The van der Waals surface area contributed by atoms with Crippen molar-refractivity contribution in [1.29, 1.82) is 0 Å². The van der Waals surface area contributed by atoms with E-state index in [0.29, 0.717) is 23.7 Å². The van der Waals surface area contributed by atoms with E-state index in [2.05, 4.69) is 4.74 Å². The number of ketones is 1. The number of Topliss-reactive ketones (excluding diaryl/α,β-unsaturated/α-hetero) is 1. The Hall–Kier alpha value is -2.04. The van der Waals surface area contributed by atoms with E-state index < -0.39 is 11.8 Å². The maximum Gasteiger partial charge on any atom is 0.374 e. The molecule has 1 aromatic carbocycles. The lowest BCUT2D eigenvalue weighted by Crippen LogP contribution is -2.18. The Labute approximate surface area is 106 Å². The minimum Gasteiger partial charge on any atom is -0.493 e. The highest BCUT2D eigenvalue weighted by Gasteiger charge is 2.18. The maximum absolute atomic E-state index is 11.5. The van der Waals surface area contributed by atoms with Crippen LogP contribution in [0.1, 0.15) is 12.5 Å². The fraction of sp³-hybridized carbons (Fsp3) is 0.385. The second kappa shape index (κ2) is 6.64. The summed E-state index contributed by atoms with van der Waals surface area (Å²) >= 11 is 0. The number of para-hydroxylation sites is 1. The summed E-state index contributed by atoms with van der Waals surface area (Å²) in [7, 11) is 2.66. The molecule has 0 amide bonds. The van der Waals surface area contributed by atoms with Gasteiger partial charge < -0.3 is 14.2 Å². The Balaban J connectivity index is 2.98. The molecule has 5 nitrogen and oxygen atoms in total. The summed E-state index contributed by atoms with van der Waals surface area (Å²) in [5.74, 6) is -0.463. The third-order valence-corrected chi connectivity index (χ3v) is 2.33. The van der Waals surface area contributed by atoms with E-state index in [1.54, 1.807) is 18.2 Å². The van der Waals surface area contributed by atoms with Gasteiger partial charge in [0.15, 0.2) is 11.5 Å². The minimum absolute atomic E-state index is 0.0727. The van der Waals surface area contributed by atoms with Crippen LogP contribution in [0.2, 0.25) is 0 Å². The van der Waals surface area contributed by atoms with Crippen molar-refractivity contribution in [2.45, 2.75) is 13.3 Å². The van der Waals surface area contributed by atoms with Crippen LogP contribution in [0.25, 0.3) is 0 Å². The van der Waals surface area contributed by atoms with Gasteiger partial charge in [-0.1, -0.05) is 12.1 Å². The van der Waals surface area contributed by atoms with Gasteiger partial charge in [-0.2, -0.15) is 0 Å². The largest absolute Gasteiger partial charge is 0.493 e. The van der Waals surface area contributed by atoms with Crippen LogP contribution in [0.4, 0.5) is 0 Å². The van der Waals surface area contributed by atoms with E-state index in [4.69, 9.17) is 9.47 Å². The lowest BCUT2D eigenvalue weighted by molar-refractivity contribution is -0.151. The maximum atomic E-state index is 11.5. The van der Waals surface area contributed by atoms with Crippen LogP contribution in [-0.4, -0.2) is 32.6 Å². The third kappa shape index (κ3) is 3.23. The molecular formula is C13H16O5. The lowest BCUT2D eigenvalue weighted by atomic mass is 10.1. The van der Waals surface area contributed by atoms with Crippen molar-refractivity contribution in [3.63, 3.8) is 0 Å². The van der Waals surface area contributed by atoms with E-state index >= 15 is 0 Å². The number of hydrogen-bond acceptors (Lipinski definition) is 5. The number of rotatable bonds is 6. The molecule has 0 unspecified atom stereocenters. The van der Waals surface area contributed by atoms with Gasteiger partial charge in [-0.3, -0.25) is 4.79 Å². The van der Waals surface area contributed by atoms with Crippen molar-refractivity contribution in [2.75, 3.05) is 20.8 Å². The summed E-state index contributed by atoms with van der Waals surface area (Å²) in [6.07, 6.45) is -0.0727. The van der Waals surface area contributed by atoms with Crippen molar-refractivity contribution in [1.82, 2.24) is 0 Å². The molecule has 0 aliphatic carbocycles. The van der Waals surface area contributed by atoms with Crippen LogP contribution >= 0.6 is 0 Å². The van der Waals surface area contributed by atoms with Gasteiger partial charge in [0.25, 0.3) is 0 Å². The Morgan fingerprint density at radius 2 is 1.94 bits per heavy atom. The Morgan fingerprint density at radius 1 is 1.22 bits per heavy atom. The molecule has 0 radical (unpaired) electrons. The Bertz CT molecular complexity index is 439. The molecule has 18 heavy (non-hydrogen) atoms. The molecule has 0 aliphatic heterocycles. The van der Waals surface area contributed by atoms with Gasteiger partial charge in [-0.05, 0) is 13.0 Å². The van der Waals surface area contributed by atoms with Gasteiger partial charge in [0.1, 0.15) is 0 Å². The van der Waals surface area contributed by atoms with Crippen molar-refractivity contribution in [3.05, 3.63) is 23.8 Å². The van der Waals surface area contributed by atoms with Crippen LogP contribution in [0, 0.1) is 0 Å². The second-order valence-electron chi connectivity index (χ2n) is 3.47. The molecule has 1 rings (SSSR count). The van der Waals surface area contributed by atoms with Gasteiger partial charge in [0.2, 0.25) is 5.78 Å². The first kappa shape index (κ1) is 14.0. The molecule has 0 N–H and O–H groups in total. The highest BCUT2D eigenvalue weighted by atomic mass is 16.5. The molecule has 0 heterocycles. The Morgan fingerprint density at radius 3 is 2.50 bits per heavy atom. The van der Waals surface area contributed by atoms with Gasteiger partial charge in [-0.25, -0.2) is 4.79 Å². The minimum atomic E-state index is -0.862. The number of ether oxygens (including phenoxy) is 3. The predicted octanol–water partition coefficient (Wildman–Crippen LogP) is 1.38. The van der Waals surface area contributed by atoms with Crippen molar-refractivity contribution in [3.8, 4) is 11.5 Å². The van der Waals surface area contributed by atoms with Crippen molar-refractivity contribution >= 4 is 11.8 Å². The van der Waals surface area contributed by atoms with Gasteiger partial charge >= 0.3 is 5.97 Å². The summed E-state index contributed by atoms with van der Waals surface area (Å²) in [5, 5.41) is 0. The van der Waals surface area contributed by atoms with E-state index in [9.17, 15) is 9.59 Å². The van der Waals surface area contributed by atoms with E-state index in [0.717, 1.165) is 0 Å². The molecule has 1 aromatic rings. The summed E-state index contributed by atoms with van der Waals surface area (Å²) < 4.78 is 15.0. The SMILES string of the molecule is CCOc1cccc(CC(=O)C(=O)OC)c1OC. The van der Waals surface area contributed by atoms with E-state index in [-0.39, 0.29) is 6.42 Å². The monoisotopic (exact) mass is 252 g/mol. The summed E-state index contributed by atoms with van der Waals surface area (Å²) in [6.45, 7) is 2.34. The molecule has 0 atom stereocenters. The quantitative estimate of drug-likeness (QED) is 0.565. The second-order valence-corrected chi connectivity index (χ2v) is 3.47. The lowest BCUT2D eigenvalue weighted by Gasteiger charge is -2.12. The first-order chi connectivity index (χ1) is 8.63. The number of esters is 1. The molecule has 0 aromatic heterocycles. The molecule has 0 bridgehead atoms. The standard InChI is InChI=1S/C13H16O5/c1-4-18-11-7-5-6-9(12(11)16-2)8-10(14)13(15)17-3/h5-7H,4,8H2,1-3H3. The van der Waals surface area contributed by atoms with Crippen LogP contribution in [0.5, 0.6) is 11.5 Å². The van der Waals surface area contributed by atoms with E-state index in [1.165, 1.54) is 14.2 Å². The molecule has 0 spiro atoms. The van der Waals surface area contributed by atoms with Crippen molar-refractivity contribution in [2.24, 2.45) is 0 Å². The van der Waals surface area contributed by atoms with Crippen LogP contribution in [0.15, 0.2) is 18.2 Å². The van der Waals surface area contributed by atoms with Gasteiger partial charge in [0.05, 0.1) is 20.8 Å². The van der Waals surface area contributed by atoms with Crippen LogP contribution in [0.3, 0.4) is 0 Å². The zero-order valence-electron chi connectivity index (χ0n) is 10.7. The fourth-order valence-electron chi connectivity index (χ4n) is 1.56. The molecule has 98 valence electrons. The molecule has 0 aliphatic rings. The zero-order valence-corrected chi connectivity index (χ0v) is 10.7. The molecule has 0 saturated carbocycles. The summed E-state index contributed by atoms with van der Waals surface area (Å²) in [6, 6.07) is 5.20. The number of carbonyl (C=O) groups excluding carboxylic acids is 2. The number of benzene rings is 1. The van der Waals surface area contributed by atoms with E-state index in [1.807, 2.05) is 6.92 Å². The normalized spacial score (nSPS) is 9.72. The molecule has 0 fully saturated rings. The van der Waals surface area contributed by atoms with Crippen LogP contribution in [-0.2, 0) is 20.7 Å². The fourth-order valence-corrected chi connectivity index (χ4v) is 1.56. The van der Waals surface area contributed by atoms with Gasteiger partial charge in [0, 0.05) is 12.0 Å². The predicted molar refractivity (Wildman–Crippen MR) is 64.9 cm³/mol. The number of methoxy groups -OCH3 is 2. The molecule has 0 saturated heterocycles. The third-order valence-electron chi connectivity index (χ3n) is 2.33. The average Bonchev–Trinajstić information content (AvgIpc) is 2.38. The topological polar surface area (TPSA) is 61.8 Å². The first-order valence-corrected chi connectivity index (χ1v) is 5.53. The first-order valence-electron chi connectivity index (χ1n) is 5.53. The number of hydrogen-bond donors (Lipinski definition) is 0. The summed E-state index contributed by atoms with van der Waals surface area (Å²) in [5.41, 5.74) is 0.596. The highest BCUT2D eigenvalue weighted by molar-refractivity contribution is 6.34. The zero-order chi connectivity index (χ0) is 13.5. The number of carbonyl (C=O) groups is 2. The van der Waals surface area contributed by atoms with Crippen molar-refractivity contribution < 1.29 is 23.8 Å². The van der Waals surface area contributed by atoms with Gasteiger partial charge in [-0.15, -0.1) is 0 Å².